The van der Waals surface area contributed by atoms with Crippen molar-refractivity contribution >= 4 is 5.96 Å². The number of methoxy groups -OCH3 is 1. The molecule has 1 aliphatic rings. The SMILES string of the molecule is CCNC(=NCC1(c2ccc(F)cc2)CCOCC1)NC(C)COC. The topological polar surface area (TPSA) is 54.9 Å². The standard InChI is InChI=1S/C19H30FN3O2/c1-4-21-18(23-15(2)13-24-3)22-14-19(9-11-25-12-10-19)16-5-7-17(20)8-6-16/h5-8,15H,4,9-14H2,1-3H3,(H2,21,22,23). The summed E-state index contributed by atoms with van der Waals surface area (Å²) in [6.07, 6.45) is 1.77. The molecule has 1 aliphatic heterocycles. The summed E-state index contributed by atoms with van der Waals surface area (Å²) in [6.45, 7) is 7.55. The van der Waals surface area contributed by atoms with Crippen molar-refractivity contribution in [1.29, 1.82) is 0 Å². The summed E-state index contributed by atoms with van der Waals surface area (Å²) in [7, 11) is 1.69. The van der Waals surface area contributed by atoms with Crippen LogP contribution in [0.3, 0.4) is 0 Å². The smallest absolute Gasteiger partial charge is 0.191 e. The van der Waals surface area contributed by atoms with Crippen LogP contribution in [0.15, 0.2) is 29.3 Å². The molecule has 1 unspecified atom stereocenters. The molecule has 0 saturated carbocycles. The Kier molecular flexibility index (Phi) is 7.65. The third-order valence-corrected chi connectivity index (χ3v) is 4.59. The second-order valence-corrected chi connectivity index (χ2v) is 6.60. The number of nitrogens with one attached hydrogen (secondary N) is 2. The zero-order valence-electron chi connectivity index (χ0n) is 15.5. The Morgan fingerprint density at radius 3 is 2.60 bits per heavy atom. The molecule has 0 aliphatic carbocycles. The molecule has 2 rings (SSSR count). The third kappa shape index (κ3) is 5.68. The first-order chi connectivity index (χ1) is 12.1. The summed E-state index contributed by atoms with van der Waals surface area (Å²) >= 11 is 0. The van der Waals surface area contributed by atoms with Crippen molar-refractivity contribution in [2.24, 2.45) is 4.99 Å². The van der Waals surface area contributed by atoms with Crippen molar-refractivity contribution in [3.63, 3.8) is 0 Å². The average molecular weight is 351 g/mol. The van der Waals surface area contributed by atoms with Crippen LogP contribution < -0.4 is 10.6 Å². The van der Waals surface area contributed by atoms with Crippen LogP contribution in [0, 0.1) is 5.82 Å². The van der Waals surface area contributed by atoms with Gasteiger partial charge in [-0.05, 0) is 44.4 Å². The minimum Gasteiger partial charge on any atom is -0.383 e. The first-order valence-corrected chi connectivity index (χ1v) is 8.97. The molecule has 1 heterocycles. The highest BCUT2D eigenvalue weighted by atomic mass is 19.1. The van der Waals surface area contributed by atoms with E-state index in [-0.39, 0.29) is 17.3 Å². The summed E-state index contributed by atoms with van der Waals surface area (Å²) < 4.78 is 24.1. The Bertz CT molecular complexity index is 542. The fraction of sp³-hybridized carbons (Fsp3) is 0.632. The molecule has 0 amide bonds. The largest absolute Gasteiger partial charge is 0.383 e. The second kappa shape index (κ2) is 9.73. The second-order valence-electron chi connectivity index (χ2n) is 6.60. The zero-order valence-corrected chi connectivity index (χ0v) is 15.5. The quantitative estimate of drug-likeness (QED) is 0.585. The third-order valence-electron chi connectivity index (χ3n) is 4.59. The van der Waals surface area contributed by atoms with Crippen molar-refractivity contribution in [3.05, 3.63) is 35.6 Å². The summed E-state index contributed by atoms with van der Waals surface area (Å²) in [4.78, 5) is 4.82. The normalized spacial score (nSPS) is 18.6. The molecular formula is C19H30FN3O2. The van der Waals surface area contributed by atoms with E-state index in [1.807, 2.05) is 19.1 Å². The van der Waals surface area contributed by atoms with Gasteiger partial charge in [0, 0.05) is 38.3 Å². The number of halogens is 1. The van der Waals surface area contributed by atoms with E-state index in [1.165, 1.54) is 12.1 Å². The molecule has 5 nitrogen and oxygen atoms in total. The molecule has 6 heteroatoms. The van der Waals surface area contributed by atoms with Crippen LogP contribution in [0.5, 0.6) is 0 Å². The lowest BCUT2D eigenvalue weighted by atomic mass is 9.74. The lowest BCUT2D eigenvalue weighted by Gasteiger charge is -2.36. The van der Waals surface area contributed by atoms with Gasteiger partial charge in [0.25, 0.3) is 0 Å². The Morgan fingerprint density at radius 2 is 2.00 bits per heavy atom. The number of aliphatic imine (C=N–C) groups is 1. The number of hydrogen-bond acceptors (Lipinski definition) is 3. The van der Waals surface area contributed by atoms with Crippen LogP contribution in [-0.4, -0.2) is 52.0 Å². The molecule has 0 bridgehead atoms. The molecule has 0 radical (unpaired) electrons. The highest BCUT2D eigenvalue weighted by molar-refractivity contribution is 5.80. The van der Waals surface area contributed by atoms with E-state index in [9.17, 15) is 4.39 Å². The Balaban J connectivity index is 2.18. The number of benzene rings is 1. The first kappa shape index (κ1) is 19.7. The average Bonchev–Trinajstić information content (AvgIpc) is 2.61. The van der Waals surface area contributed by atoms with Gasteiger partial charge in [-0.2, -0.15) is 0 Å². The van der Waals surface area contributed by atoms with Gasteiger partial charge in [-0.3, -0.25) is 4.99 Å². The number of guanidine groups is 1. The van der Waals surface area contributed by atoms with Crippen molar-refractivity contribution in [2.45, 2.75) is 38.1 Å². The maximum absolute atomic E-state index is 13.3. The van der Waals surface area contributed by atoms with Crippen LogP contribution in [0.4, 0.5) is 4.39 Å². The van der Waals surface area contributed by atoms with Crippen LogP contribution in [0.2, 0.25) is 0 Å². The molecule has 0 aromatic heterocycles. The fourth-order valence-electron chi connectivity index (χ4n) is 3.18. The molecular weight excluding hydrogens is 321 g/mol. The van der Waals surface area contributed by atoms with Crippen LogP contribution in [0.1, 0.15) is 32.3 Å². The van der Waals surface area contributed by atoms with E-state index in [4.69, 9.17) is 14.5 Å². The summed E-state index contributed by atoms with van der Waals surface area (Å²) in [5.41, 5.74) is 1.01. The molecule has 140 valence electrons. The fourth-order valence-corrected chi connectivity index (χ4v) is 3.18. The van der Waals surface area contributed by atoms with Gasteiger partial charge in [0.05, 0.1) is 13.2 Å². The van der Waals surface area contributed by atoms with Crippen LogP contribution in [0.25, 0.3) is 0 Å². The number of nitrogens with zero attached hydrogens (tertiary/aromatic N) is 1. The van der Waals surface area contributed by atoms with Gasteiger partial charge in [0.15, 0.2) is 5.96 Å². The Morgan fingerprint density at radius 1 is 1.32 bits per heavy atom. The highest BCUT2D eigenvalue weighted by Gasteiger charge is 2.34. The minimum atomic E-state index is -0.210. The summed E-state index contributed by atoms with van der Waals surface area (Å²) in [6, 6.07) is 6.98. The number of ether oxygens (including phenoxy) is 2. The minimum absolute atomic E-state index is 0.112. The lowest BCUT2D eigenvalue weighted by Crippen LogP contribution is -2.45. The molecule has 1 saturated heterocycles. The Labute approximate surface area is 150 Å². The van der Waals surface area contributed by atoms with Gasteiger partial charge in [-0.1, -0.05) is 12.1 Å². The molecule has 1 fully saturated rings. The van der Waals surface area contributed by atoms with Gasteiger partial charge < -0.3 is 20.1 Å². The zero-order chi connectivity index (χ0) is 18.1. The van der Waals surface area contributed by atoms with Crippen molar-refractivity contribution < 1.29 is 13.9 Å². The molecule has 1 aromatic carbocycles. The van der Waals surface area contributed by atoms with Gasteiger partial charge in [-0.15, -0.1) is 0 Å². The van der Waals surface area contributed by atoms with E-state index in [0.29, 0.717) is 26.4 Å². The van der Waals surface area contributed by atoms with Crippen molar-refractivity contribution in [2.75, 3.05) is 40.0 Å². The van der Waals surface area contributed by atoms with Gasteiger partial charge >= 0.3 is 0 Å². The van der Waals surface area contributed by atoms with Gasteiger partial charge in [0.1, 0.15) is 5.82 Å². The van der Waals surface area contributed by atoms with Crippen LogP contribution in [-0.2, 0) is 14.9 Å². The molecule has 0 spiro atoms. The predicted octanol–water partition coefficient (Wildman–Crippen LogP) is 2.46. The molecule has 1 atom stereocenters. The highest BCUT2D eigenvalue weighted by Crippen LogP contribution is 2.35. The van der Waals surface area contributed by atoms with Gasteiger partial charge in [-0.25, -0.2) is 4.39 Å². The van der Waals surface area contributed by atoms with Crippen LogP contribution >= 0.6 is 0 Å². The van der Waals surface area contributed by atoms with Gasteiger partial charge in [0.2, 0.25) is 0 Å². The van der Waals surface area contributed by atoms with E-state index in [0.717, 1.165) is 30.9 Å². The van der Waals surface area contributed by atoms with Crippen molar-refractivity contribution in [3.8, 4) is 0 Å². The first-order valence-electron chi connectivity index (χ1n) is 8.97. The number of hydrogen-bond donors (Lipinski definition) is 2. The van der Waals surface area contributed by atoms with Crippen molar-refractivity contribution in [1.82, 2.24) is 10.6 Å². The maximum Gasteiger partial charge on any atom is 0.191 e. The predicted molar refractivity (Wildman–Crippen MR) is 98.6 cm³/mol. The number of rotatable bonds is 7. The lowest BCUT2D eigenvalue weighted by molar-refractivity contribution is 0.0530. The Hall–Kier alpha value is -1.66. The monoisotopic (exact) mass is 351 g/mol. The van der Waals surface area contributed by atoms with E-state index in [1.54, 1.807) is 7.11 Å². The molecule has 1 aromatic rings. The maximum atomic E-state index is 13.3. The van der Waals surface area contributed by atoms with E-state index >= 15 is 0 Å². The summed E-state index contributed by atoms with van der Waals surface area (Å²) in [5.74, 6) is 0.567. The molecule has 2 N–H and O–H groups in total. The molecule has 25 heavy (non-hydrogen) atoms. The summed E-state index contributed by atoms with van der Waals surface area (Å²) in [5, 5.41) is 6.64. The van der Waals surface area contributed by atoms with E-state index < -0.39 is 0 Å². The van der Waals surface area contributed by atoms with E-state index in [2.05, 4.69) is 17.6 Å².